The van der Waals surface area contributed by atoms with Crippen molar-refractivity contribution in [2.75, 3.05) is 13.2 Å². The second-order valence-corrected chi connectivity index (χ2v) is 4.57. The first kappa shape index (κ1) is 14.0. The zero-order chi connectivity index (χ0) is 12.9. The van der Waals surface area contributed by atoms with E-state index >= 15 is 0 Å². The van der Waals surface area contributed by atoms with Gasteiger partial charge in [0.1, 0.15) is 11.4 Å². The van der Waals surface area contributed by atoms with E-state index in [1.54, 1.807) is 6.92 Å². The maximum atomic E-state index is 10.4. The third kappa shape index (κ3) is 4.02. The van der Waals surface area contributed by atoms with E-state index < -0.39 is 5.60 Å². The maximum absolute atomic E-state index is 10.4. The van der Waals surface area contributed by atoms with Crippen LogP contribution in [0.15, 0.2) is 24.3 Å². The molecule has 1 aromatic rings. The molecule has 1 unspecified atom stereocenters. The van der Waals surface area contributed by atoms with Crippen molar-refractivity contribution in [3.8, 4) is 5.75 Å². The van der Waals surface area contributed by atoms with Crippen LogP contribution in [-0.4, -0.2) is 24.4 Å². The number of ether oxygens (including phenoxy) is 2. The Kier molecular flexibility index (Phi) is 4.97. The summed E-state index contributed by atoms with van der Waals surface area (Å²) in [6.45, 7) is 8.44. The highest BCUT2D eigenvalue weighted by molar-refractivity contribution is 5.37. The number of para-hydroxylation sites is 1. The molecule has 96 valence electrons. The highest BCUT2D eigenvalue weighted by Crippen LogP contribution is 2.30. The molecule has 0 fully saturated rings. The van der Waals surface area contributed by atoms with Gasteiger partial charge in [-0.15, -0.1) is 0 Å². The summed E-state index contributed by atoms with van der Waals surface area (Å²) in [5, 5.41) is 10.4. The van der Waals surface area contributed by atoms with Crippen molar-refractivity contribution in [2.45, 2.75) is 39.4 Å². The summed E-state index contributed by atoms with van der Waals surface area (Å²) in [5.41, 5.74) is -0.260. The SMILES string of the molecule is CCOCC(C)(O)c1ccccc1OC(C)C. The minimum absolute atomic E-state index is 0.0824. The van der Waals surface area contributed by atoms with Crippen LogP contribution in [0.25, 0.3) is 0 Å². The van der Waals surface area contributed by atoms with Crippen molar-refractivity contribution in [1.29, 1.82) is 0 Å². The summed E-state index contributed by atoms with van der Waals surface area (Å²) >= 11 is 0. The van der Waals surface area contributed by atoms with E-state index in [2.05, 4.69) is 0 Å². The number of aliphatic hydroxyl groups is 1. The summed E-state index contributed by atoms with van der Waals surface area (Å²) in [6.07, 6.45) is 0.0824. The predicted octanol–water partition coefficient (Wildman–Crippen LogP) is 2.72. The quantitative estimate of drug-likeness (QED) is 0.828. The zero-order valence-electron chi connectivity index (χ0n) is 11.1. The lowest BCUT2D eigenvalue weighted by molar-refractivity contribution is -0.0362. The largest absolute Gasteiger partial charge is 0.491 e. The molecule has 0 aliphatic carbocycles. The van der Waals surface area contributed by atoms with Gasteiger partial charge >= 0.3 is 0 Å². The molecule has 1 atom stereocenters. The van der Waals surface area contributed by atoms with E-state index in [0.717, 1.165) is 5.56 Å². The molecule has 1 N–H and O–H groups in total. The van der Waals surface area contributed by atoms with Crippen molar-refractivity contribution >= 4 is 0 Å². The van der Waals surface area contributed by atoms with Crippen LogP contribution >= 0.6 is 0 Å². The summed E-state index contributed by atoms with van der Waals surface area (Å²) in [4.78, 5) is 0. The smallest absolute Gasteiger partial charge is 0.125 e. The molecule has 0 spiro atoms. The number of hydrogen-bond acceptors (Lipinski definition) is 3. The maximum Gasteiger partial charge on any atom is 0.125 e. The Bertz CT molecular complexity index is 345. The van der Waals surface area contributed by atoms with E-state index in [-0.39, 0.29) is 12.7 Å². The summed E-state index contributed by atoms with van der Waals surface area (Å²) < 4.78 is 11.0. The molecular formula is C14H22O3. The van der Waals surface area contributed by atoms with Crippen molar-refractivity contribution in [3.05, 3.63) is 29.8 Å². The first-order valence-corrected chi connectivity index (χ1v) is 6.03. The normalized spacial score (nSPS) is 14.7. The fourth-order valence-corrected chi connectivity index (χ4v) is 1.65. The molecule has 0 heterocycles. The standard InChI is InChI=1S/C14H22O3/c1-5-16-10-14(4,15)12-8-6-7-9-13(12)17-11(2)3/h6-9,11,15H,5,10H2,1-4H3. The van der Waals surface area contributed by atoms with Crippen LogP contribution in [-0.2, 0) is 10.3 Å². The van der Waals surface area contributed by atoms with Crippen LogP contribution in [0.1, 0.15) is 33.3 Å². The average molecular weight is 238 g/mol. The molecule has 1 aromatic carbocycles. The molecule has 0 amide bonds. The zero-order valence-corrected chi connectivity index (χ0v) is 11.1. The van der Waals surface area contributed by atoms with Crippen LogP contribution in [0.5, 0.6) is 5.75 Å². The lowest BCUT2D eigenvalue weighted by Gasteiger charge is -2.26. The van der Waals surface area contributed by atoms with Crippen LogP contribution in [0.2, 0.25) is 0 Å². The highest BCUT2D eigenvalue weighted by Gasteiger charge is 2.27. The molecule has 3 nitrogen and oxygen atoms in total. The van der Waals surface area contributed by atoms with Gasteiger partial charge in [0, 0.05) is 12.2 Å². The highest BCUT2D eigenvalue weighted by atomic mass is 16.5. The molecule has 0 radical (unpaired) electrons. The van der Waals surface area contributed by atoms with E-state index in [4.69, 9.17) is 9.47 Å². The molecule has 17 heavy (non-hydrogen) atoms. The lowest BCUT2D eigenvalue weighted by atomic mass is 9.96. The van der Waals surface area contributed by atoms with E-state index in [9.17, 15) is 5.11 Å². The molecule has 0 saturated heterocycles. The minimum atomic E-state index is -1.03. The third-order valence-electron chi connectivity index (χ3n) is 2.42. The van der Waals surface area contributed by atoms with E-state index in [1.807, 2.05) is 45.0 Å². The molecule has 0 saturated carbocycles. The third-order valence-corrected chi connectivity index (χ3v) is 2.42. The molecular weight excluding hydrogens is 216 g/mol. The van der Waals surface area contributed by atoms with Gasteiger partial charge in [-0.25, -0.2) is 0 Å². The van der Waals surface area contributed by atoms with Crippen LogP contribution < -0.4 is 4.74 Å². The van der Waals surface area contributed by atoms with E-state index in [1.165, 1.54) is 0 Å². The van der Waals surface area contributed by atoms with Gasteiger partial charge in [-0.05, 0) is 33.8 Å². The fraction of sp³-hybridized carbons (Fsp3) is 0.571. The Morgan fingerprint density at radius 1 is 1.29 bits per heavy atom. The van der Waals surface area contributed by atoms with Crippen molar-refractivity contribution < 1.29 is 14.6 Å². The van der Waals surface area contributed by atoms with Crippen LogP contribution in [0.3, 0.4) is 0 Å². The van der Waals surface area contributed by atoms with Crippen molar-refractivity contribution in [3.63, 3.8) is 0 Å². The molecule has 1 rings (SSSR count). The molecule has 0 bridgehead atoms. The Labute approximate surface area is 103 Å². The number of rotatable bonds is 6. The van der Waals surface area contributed by atoms with Crippen LogP contribution in [0.4, 0.5) is 0 Å². The minimum Gasteiger partial charge on any atom is -0.491 e. The van der Waals surface area contributed by atoms with Gasteiger partial charge in [0.25, 0.3) is 0 Å². The van der Waals surface area contributed by atoms with Gasteiger partial charge in [0.05, 0.1) is 12.7 Å². The Morgan fingerprint density at radius 3 is 2.53 bits per heavy atom. The predicted molar refractivity (Wildman–Crippen MR) is 68.3 cm³/mol. The first-order chi connectivity index (χ1) is 7.97. The average Bonchev–Trinajstić information content (AvgIpc) is 2.26. The topological polar surface area (TPSA) is 38.7 Å². The van der Waals surface area contributed by atoms with Gasteiger partial charge in [0.2, 0.25) is 0 Å². The number of hydrogen-bond donors (Lipinski definition) is 1. The summed E-state index contributed by atoms with van der Waals surface area (Å²) in [7, 11) is 0. The van der Waals surface area contributed by atoms with Crippen LogP contribution in [0, 0.1) is 0 Å². The monoisotopic (exact) mass is 238 g/mol. The van der Waals surface area contributed by atoms with Crippen molar-refractivity contribution in [1.82, 2.24) is 0 Å². The van der Waals surface area contributed by atoms with Gasteiger partial charge in [-0.1, -0.05) is 18.2 Å². The van der Waals surface area contributed by atoms with Gasteiger partial charge in [0.15, 0.2) is 0 Å². The van der Waals surface area contributed by atoms with Crippen molar-refractivity contribution in [2.24, 2.45) is 0 Å². The van der Waals surface area contributed by atoms with E-state index in [0.29, 0.717) is 12.4 Å². The number of benzene rings is 1. The second kappa shape index (κ2) is 6.03. The lowest BCUT2D eigenvalue weighted by Crippen LogP contribution is -2.29. The fourth-order valence-electron chi connectivity index (χ4n) is 1.65. The molecule has 3 heteroatoms. The summed E-state index contributed by atoms with van der Waals surface area (Å²) in [6, 6.07) is 7.54. The molecule has 0 aliphatic heterocycles. The summed E-state index contributed by atoms with van der Waals surface area (Å²) in [5.74, 6) is 0.715. The Hall–Kier alpha value is -1.06. The Balaban J connectivity index is 2.94. The molecule has 0 aromatic heterocycles. The van der Waals surface area contributed by atoms with Gasteiger partial charge in [-0.2, -0.15) is 0 Å². The Morgan fingerprint density at radius 2 is 1.94 bits per heavy atom. The van der Waals surface area contributed by atoms with Gasteiger partial charge < -0.3 is 14.6 Å². The first-order valence-electron chi connectivity index (χ1n) is 6.03. The second-order valence-electron chi connectivity index (χ2n) is 4.57. The van der Waals surface area contributed by atoms with Gasteiger partial charge in [-0.3, -0.25) is 0 Å². The molecule has 0 aliphatic rings.